The summed E-state index contributed by atoms with van der Waals surface area (Å²) in [6.07, 6.45) is -1.40. The fourth-order valence-corrected chi connectivity index (χ4v) is 3.24. The molecule has 1 N–H and O–H groups in total. The van der Waals surface area contributed by atoms with Crippen LogP contribution >= 0.6 is 0 Å². The average molecular weight is 453 g/mol. The lowest BCUT2D eigenvalue weighted by Crippen LogP contribution is -2.46. The quantitative estimate of drug-likeness (QED) is 0.606. The van der Waals surface area contributed by atoms with E-state index in [0.29, 0.717) is 5.70 Å². The van der Waals surface area contributed by atoms with Gasteiger partial charge in [0.05, 0.1) is 5.39 Å². The second-order valence-electron chi connectivity index (χ2n) is 7.59. The second kappa shape index (κ2) is 10.1. The lowest BCUT2D eigenvalue weighted by atomic mass is 10.2. The van der Waals surface area contributed by atoms with Gasteiger partial charge < -0.3 is 19.6 Å². The van der Waals surface area contributed by atoms with Crippen molar-refractivity contribution in [1.29, 1.82) is 0 Å². The van der Waals surface area contributed by atoms with Crippen molar-refractivity contribution in [2.24, 2.45) is 4.99 Å². The van der Waals surface area contributed by atoms with Crippen LogP contribution in [0.25, 0.3) is 16.6 Å². The van der Waals surface area contributed by atoms with Gasteiger partial charge in [0.25, 0.3) is 0 Å². The molecule has 0 aromatic carbocycles. The minimum atomic E-state index is -4.56. The summed E-state index contributed by atoms with van der Waals surface area (Å²) in [5, 5.41) is 10.4. The van der Waals surface area contributed by atoms with Crippen molar-refractivity contribution < 1.29 is 23.0 Å². The first-order valence-corrected chi connectivity index (χ1v) is 10.0. The number of halogens is 3. The molecule has 0 aliphatic carbocycles. The van der Waals surface area contributed by atoms with Gasteiger partial charge in [-0.3, -0.25) is 14.9 Å². The highest BCUT2D eigenvalue weighted by Crippen LogP contribution is 2.29. The third-order valence-corrected chi connectivity index (χ3v) is 5.06. The number of aromatic hydroxyl groups is 1. The third-order valence-electron chi connectivity index (χ3n) is 5.06. The Hall–Kier alpha value is -2.99. The fraction of sp³-hybridized carbons (Fsp3) is 0.500. The van der Waals surface area contributed by atoms with Gasteiger partial charge in [-0.25, -0.2) is 0 Å². The predicted molar refractivity (Wildman–Crippen MR) is 115 cm³/mol. The maximum atomic E-state index is 12.5. The number of piperazine rings is 1. The highest BCUT2D eigenvalue weighted by atomic mass is 19.4. The van der Waals surface area contributed by atoms with E-state index in [9.17, 15) is 18.3 Å². The first-order chi connectivity index (χ1) is 15.2. The van der Waals surface area contributed by atoms with E-state index in [1.165, 1.54) is 12.3 Å². The minimum Gasteiger partial charge on any atom is -0.493 e. The van der Waals surface area contributed by atoms with E-state index >= 15 is 0 Å². The van der Waals surface area contributed by atoms with Crippen LogP contribution in [0.15, 0.2) is 23.5 Å². The number of aliphatic imine (C=N–C) groups is 1. The Kier molecular flexibility index (Phi) is 7.46. The van der Waals surface area contributed by atoms with E-state index in [-0.39, 0.29) is 16.6 Å². The van der Waals surface area contributed by atoms with Gasteiger partial charge in [-0.2, -0.15) is 23.1 Å². The number of alkyl halides is 3. The van der Waals surface area contributed by atoms with Crippen LogP contribution in [-0.4, -0.2) is 108 Å². The van der Waals surface area contributed by atoms with Gasteiger partial charge in [-0.1, -0.05) is 0 Å². The molecule has 0 atom stereocenters. The van der Waals surface area contributed by atoms with Crippen LogP contribution in [0, 0.1) is 0 Å². The Labute approximate surface area is 183 Å². The summed E-state index contributed by atoms with van der Waals surface area (Å²) in [6.45, 7) is 7.66. The fourth-order valence-electron chi connectivity index (χ4n) is 3.24. The van der Waals surface area contributed by atoms with E-state index < -0.39 is 24.7 Å². The molecular formula is C20H26F3N7O2. The standard InChI is InChI=1S/C20H26F3N7O2/c1-24-15(12-29(3)8-11-30-9-6-28(2)7-10-30)17-16-14(4-5-25-17)18(31)27-19(26-16)32-13-20(21,22)23/h4-5,12H,1,6-11,13H2,2-3H3,(H,26,27,31)/b15-12-. The number of ether oxygens (including phenoxy) is 1. The molecule has 0 amide bonds. The van der Waals surface area contributed by atoms with Crippen molar-refractivity contribution in [3.8, 4) is 11.9 Å². The lowest BCUT2D eigenvalue weighted by Gasteiger charge is -2.33. The van der Waals surface area contributed by atoms with Gasteiger partial charge in [0, 0.05) is 58.7 Å². The van der Waals surface area contributed by atoms with E-state index in [2.05, 4.69) is 48.2 Å². The van der Waals surface area contributed by atoms with E-state index in [1.54, 1.807) is 6.20 Å². The summed E-state index contributed by atoms with van der Waals surface area (Å²) in [5.41, 5.74) is 0.721. The molecule has 0 radical (unpaired) electrons. The SMILES string of the molecule is C=N/C(=C\N(C)CCN1CCN(C)CC1)c1nccc2c(O)nc(OCC(F)(F)F)nc12. The van der Waals surface area contributed by atoms with Crippen LogP contribution in [0.3, 0.4) is 0 Å². The van der Waals surface area contributed by atoms with Crippen LogP contribution in [-0.2, 0) is 0 Å². The normalized spacial score (nSPS) is 16.3. The average Bonchev–Trinajstić information content (AvgIpc) is 2.75. The van der Waals surface area contributed by atoms with Gasteiger partial charge >= 0.3 is 12.2 Å². The van der Waals surface area contributed by atoms with Crippen molar-refractivity contribution in [3.05, 3.63) is 24.2 Å². The van der Waals surface area contributed by atoms with Crippen LogP contribution in [0.1, 0.15) is 5.69 Å². The summed E-state index contributed by atoms with van der Waals surface area (Å²) in [4.78, 5) is 22.5. The summed E-state index contributed by atoms with van der Waals surface area (Å²) >= 11 is 0. The van der Waals surface area contributed by atoms with Crippen molar-refractivity contribution in [1.82, 2.24) is 29.7 Å². The molecule has 0 spiro atoms. The first-order valence-electron chi connectivity index (χ1n) is 10.0. The van der Waals surface area contributed by atoms with E-state index in [0.717, 1.165) is 39.3 Å². The minimum absolute atomic E-state index is 0.114. The van der Waals surface area contributed by atoms with Crippen molar-refractivity contribution in [2.45, 2.75) is 6.18 Å². The topological polar surface area (TPSA) is 90.2 Å². The number of fused-ring (bicyclic) bond motifs is 1. The number of nitrogens with zero attached hydrogens (tertiary/aromatic N) is 7. The van der Waals surface area contributed by atoms with Crippen molar-refractivity contribution in [3.63, 3.8) is 0 Å². The van der Waals surface area contributed by atoms with Crippen LogP contribution in [0.4, 0.5) is 13.2 Å². The molecule has 2 aromatic rings. The number of hydrogen-bond acceptors (Lipinski definition) is 9. The number of pyridine rings is 1. The molecule has 1 fully saturated rings. The Morgan fingerprint density at radius 1 is 1.31 bits per heavy atom. The van der Waals surface area contributed by atoms with Crippen LogP contribution in [0.2, 0.25) is 0 Å². The molecule has 0 unspecified atom stereocenters. The maximum absolute atomic E-state index is 12.5. The molecule has 0 bridgehead atoms. The smallest absolute Gasteiger partial charge is 0.422 e. The monoisotopic (exact) mass is 453 g/mol. The Balaban J connectivity index is 1.81. The Morgan fingerprint density at radius 3 is 2.69 bits per heavy atom. The van der Waals surface area contributed by atoms with Crippen molar-refractivity contribution >= 4 is 23.3 Å². The zero-order chi connectivity index (χ0) is 23.3. The molecule has 3 heterocycles. The summed E-state index contributed by atoms with van der Waals surface area (Å²) in [5.74, 6) is -0.511. The predicted octanol–water partition coefficient (Wildman–Crippen LogP) is 1.85. The number of aromatic nitrogens is 3. The molecule has 12 heteroatoms. The third kappa shape index (κ3) is 6.26. The van der Waals surface area contributed by atoms with Crippen LogP contribution < -0.4 is 4.74 Å². The zero-order valence-electron chi connectivity index (χ0n) is 18.0. The van der Waals surface area contributed by atoms with Crippen LogP contribution in [0.5, 0.6) is 11.9 Å². The van der Waals surface area contributed by atoms with Gasteiger partial charge in [-0.05, 0) is 19.8 Å². The Bertz CT molecular complexity index is 976. The molecule has 1 aliphatic heterocycles. The lowest BCUT2D eigenvalue weighted by molar-refractivity contribution is -0.154. The first kappa shape index (κ1) is 23.7. The summed E-state index contributed by atoms with van der Waals surface area (Å²) in [6, 6.07) is 0.855. The molecule has 9 nitrogen and oxygen atoms in total. The number of rotatable bonds is 8. The molecular weight excluding hydrogens is 427 g/mol. The second-order valence-corrected chi connectivity index (χ2v) is 7.59. The molecule has 32 heavy (non-hydrogen) atoms. The molecule has 1 aliphatic rings. The maximum Gasteiger partial charge on any atom is 0.422 e. The molecule has 2 aromatic heterocycles. The van der Waals surface area contributed by atoms with E-state index in [4.69, 9.17) is 0 Å². The van der Waals surface area contributed by atoms with Gasteiger partial charge in [0.15, 0.2) is 6.61 Å². The van der Waals surface area contributed by atoms with Gasteiger partial charge in [0.1, 0.15) is 16.9 Å². The van der Waals surface area contributed by atoms with Gasteiger partial charge in [0.2, 0.25) is 5.88 Å². The molecule has 174 valence electrons. The number of likely N-dealkylation sites (N-methyl/N-ethyl adjacent to an activating group) is 2. The Morgan fingerprint density at radius 2 is 2.03 bits per heavy atom. The van der Waals surface area contributed by atoms with Crippen molar-refractivity contribution in [2.75, 3.05) is 60.0 Å². The molecule has 3 rings (SSSR count). The van der Waals surface area contributed by atoms with E-state index in [1.807, 2.05) is 11.9 Å². The summed E-state index contributed by atoms with van der Waals surface area (Å²) in [7, 11) is 3.99. The largest absolute Gasteiger partial charge is 0.493 e. The summed E-state index contributed by atoms with van der Waals surface area (Å²) < 4.78 is 42.1. The highest BCUT2D eigenvalue weighted by Gasteiger charge is 2.29. The number of hydrogen-bond donors (Lipinski definition) is 1. The zero-order valence-corrected chi connectivity index (χ0v) is 18.0. The molecule has 1 saturated heterocycles. The highest BCUT2D eigenvalue weighted by molar-refractivity contribution is 5.92. The molecule has 0 saturated carbocycles. The van der Waals surface area contributed by atoms with Gasteiger partial charge in [-0.15, -0.1) is 0 Å².